The van der Waals surface area contributed by atoms with Gasteiger partial charge < -0.3 is 10.6 Å². The van der Waals surface area contributed by atoms with Crippen LogP contribution in [0.5, 0.6) is 0 Å². The monoisotopic (exact) mass is 307 g/mol. The third-order valence-electron chi connectivity index (χ3n) is 3.36. The van der Waals surface area contributed by atoms with Gasteiger partial charge in [0.25, 0.3) is 5.91 Å². The molecule has 2 aromatic rings. The van der Waals surface area contributed by atoms with Gasteiger partial charge in [0.1, 0.15) is 0 Å². The minimum atomic E-state index is -0.196. The lowest BCUT2D eigenvalue weighted by Gasteiger charge is -2.07. The van der Waals surface area contributed by atoms with Gasteiger partial charge in [-0.05, 0) is 42.3 Å². The van der Waals surface area contributed by atoms with E-state index in [0.717, 1.165) is 5.56 Å². The maximum Gasteiger partial charge on any atom is 0.251 e. The molecule has 2 rings (SSSR count). The number of nitrogens with zero attached hydrogens (tertiary/aromatic N) is 1. The Balaban J connectivity index is 1.91. The molecule has 2 aromatic carbocycles. The number of benzene rings is 2. The minimum Gasteiger partial charge on any atom is -0.355 e. The first-order valence-electron chi connectivity index (χ1n) is 7.23. The third kappa shape index (κ3) is 4.68. The summed E-state index contributed by atoms with van der Waals surface area (Å²) in [5.74, 6) is -0.318. The number of anilines is 1. The summed E-state index contributed by atoms with van der Waals surface area (Å²) in [6.45, 7) is 0. The molecule has 116 valence electrons. The van der Waals surface area contributed by atoms with Gasteiger partial charge in [-0.1, -0.05) is 18.2 Å². The molecule has 0 radical (unpaired) electrons. The quantitative estimate of drug-likeness (QED) is 0.890. The predicted octanol–water partition coefficient (Wildman–Crippen LogP) is 2.49. The number of hydrogen-bond donors (Lipinski definition) is 2. The molecule has 5 nitrogen and oxygen atoms in total. The molecule has 0 saturated carbocycles. The molecular formula is C18H17N3O2. The maximum absolute atomic E-state index is 12.0. The van der Waals surface area contributed by atoms with Crippen molar-refractivity contribution in [3.05, 3.63) is 65.2 Å². The van der Waals surface area contributed by atoms with Crippen molar-refractivity contribution in [1.29, 1.82) is 5.26 Å². The highest BCUT2D eigenvalue weighted by Crippen LogP contribution is 2.12. The second-order valence-corrected chi connectivity index (χ2v) is 5.02. The molecule has 0 atom stereocenters. The van der Waals surface area contributed by atoms with Gasteiger partial charge in [0.05, 0.1) is 11.6 Å². The highest BCUT2D eigenvalue weighted by molar-refractivity contribution is 5.97. The predicted molar refractivity (Wildman–Crippen MR) is 87.9 cm³/mol. The van der Waals surface area contributed by atoms with Gasteiger partial charge in [-0.2, -0.15) is 5.26 Å². The number of nitriles is 1. The van der Waals surface area contributed by atoms with E-state index in [9.17, 15) is 9.59 Å². The molecule has 5 heteroatoms. The zero-order valence-corrected chi connectivity index (χ0v) is 12.8. The summed E-state index contributed by atoms with van der Waals surface area (Å²) < 4.78 is 0. The molecule has 0 aliphatic heterocycles. The van der Waals surface area contributed by atoms with E-state index in [0.29, 0.717) is 29.7 Å². The molecule has 0 aromatic heterocycles. The Kier molecular flexibility index (Phi) is 5.48. The average Bonchev–Trinajstić information content (AvgIpc) is 2.60. The molecule has 0 spiro atoms. The van der Waals surface area contributed by atoms with Crippen LogP contribution in [-0.4, -0.2) is 18.9 Å². The van der Waals surface area contributed by atoms with Gasteiger partial charge in [0.15, 0.2) is 0 Å². The van der Waals surface area contributed by atoms with Crippen LogP contribution in [0, 0.1) is 11.3 Å². The second-order valence-electron chi connectivity index (χ2n) is 5.02. The number of nitrogens with one attached hydrogen (secondary N) is 2. The average molecular weight is 307 g/mol. The first kappa shape index (κ1) is 16.2. The SMILES string of the molecule is CNC(=O)c1cccc(NC(=O)CCc2ccc(C#N)cc2)c1. The molecule has 0 saturated heterocycles. The second kappa shape index (κ2) is 7.76. The van der Waals surface area contributed by atoms with Crippen molar-refractivity contribution in [2.75, 3.05) is 12.4 Å². The van der Waals surface area contributed by atoms with Gasteiger partial charge in [0, 0.05) is 24.7 Å². The fraction of sp³-hybridized carbons (Fsp3) is 0.167. The zero-order valence-electron chi connectivity index (χ0n) is 12.8. The number of carbonyl (C=O) groups excluding carboxylic acids is 2. The zero-order chi connectivity index (χ0) is 16.7. The summed E-state index contributed by atoms with van der Waals surface area (Å²) in [4.78, 5) is 23.6. The van der Waals surface area contributed by atoms with Crippen LogP contribution in [0.2, 0.25) is 0 Å². The Morgan fingerprint density at radius 3 is 2.52 bits per heavy atom. The highest BCUT2D eigenvalue weighted by Gasteiger charge is 2.07. The van der Waals surface area contributed by atoms with Crippen molar-refractivity contribution in [1.82, 2.24) is 5.32 Å². The smallest absolute Gasteiger partial charge is 0.251 e. The van der Waals surface area contributed by atoms with Crippen LogP contribution >= 0.6 is 0 Å². The van der Waals surface area contributed by atoms with Crippen molar-refractivity contribution in [2.24, 2.45) is 0 Å². The lowest BCUT2D eigenvalue weighted by atomic mass is 10.1. The summed E-state index contributed by atoms with van der Waals surface area (Å²) in [5, 5.41) is 14.1. The van der Waals surface area contributed by atoms with E-state index in [1.807, 2.05) is 12.1 Å². The van der Waals surface area contributed by atoms with Crippen molar-refractivity contribution >= 4 is 17.5 Å². The van der Waals surface area contributed by atoms with E-state index in [-0.39, 0.29) is 11.8 Å². The lowest BCUT2D eigenvalue weighted by Crippen LogP contribution is -2.18. The van der Waals surface area contributed by atoms with Gasteiger partial charge in [-0.3, -0.25) is 9.59 Å². The summed E-state index contributed by atoms with van der Waals surface area (Å²) in [6.07, 6.45) is 0.919. The molecule has 2 N–H and O–H groups in total. The topological polar surface area (TPSA) is 82.0 Å². The van der Waals surface area contributed by atoms with Crippen LogP contribution in [0.3, 0.4) is 0 Å². The molecule has 0 fully saturated rings. The maximum atomic E-state index is 12.0. The Morgan fingerprint density at radius 2 is 1.87 bits per heavy atom. The van der Waals surface area contributed by atoms with Gasteiger partial charge in [0.2, 0.25) is 5.91 Å². The largest absolute Gasteiger partial charge is 0.355 e. The Labute approximate surface area is 134 Å². The number of hydrogen-bond acceptors (Lipinski definition) is 3. The molecular weight excluding hydrogens is 290 g/mol. The van der Waals surface area contributed by atoms with E-state index in [1.165, 1.54) is 0 Å². The number of rotatable bonds is 5. The van der Waals surface area contributed by atoms with E-state index in [4.69, 9.17) is 5.26 Å². The molecule has 0 bridgehead atoms. The van der Waals surface area contributed by atoms with Gasteiger partial charge in [-0.25, -0.2) is 0 Å². The summed E-state index contributed by atoms with van der Waals surface area (Å²) in [6, 6.07) is 16.0. The number of carbonyl (C=O) groups is 2. The van der Waals surface area contributed by atoms with Crippen LogP contribution in [-0.2, 0) is 11.2 Å². The first-order valence-corrected chi connectivity index (χ1v) is 7.23. The van der Waals surface area contributed by atoms with Crippen molar-refractivity contribution < 1.29 is 9.59 Å². The number of amides is 2. The van der Waals surface area contributed by atoms with Crippen molar-refractivity contribution in [3.63, 3.8) is 0 Å². The minimum absolute atomic E-state index is 0.122. The molecule has 0 unspecified atom stereocenters. The first-order chi connectivity index (χ1) is 11.1. The Morgan fingerprint density at radius 1 is 1.13 bits per heavy atom. The van der Waals surface area contributed by atoms with E-state index < -0.39 is 0 Å². The van der Waals surface area contributed by atoms with Crippen LogP contribution in [0.4, 0.5) is 5.69 Å². The normalized spacial score (nSPS) is 9.74. The van der Waals surface area contributed by atoms with Crippen LogP contribution < -0.4 is 10.6 Å². The number of aryl methyl sites for hydroxylation is 1. The molecule has 2 amide bonds. The summed E-state index contributed by atoms with van der Waals surface area (Å²) in [5.41, 5.74) is 2.69. The van der Waals surface area contributed by atoms with Crippen LogP contribution in [0.25, 0.3) is 0 Å². The molecule has 0 heterocycles. The highest BCUT2D eigenvalue weighted by atomic mass is 16.2. The fourth-order valence-corrected chi connectivity index (χ4v) is 2.11. The molecule has 0 aliphatic rings. The molecule has 0 aliphatic carbocycles. The Bertz CT molecular complexity index is 746. The third-order valence-corrected chi connectivity index (χ3v) is 3.36. The summed E-state index contributed by atoms with van der Waals surface area (Å²) >= 11 is 0. The van der Waals surface area contributed by atoms with E-state index in [1.54, 1.807) is 43.4 Å². The van der Waals surface area contributed by atoms with Gasteiger partial charge >= 0.3 is 0 Å². The standard InChI is InChI=1S/C18H17N3O2/c1-20-18(23)15-3-2-4-16(11-15)21-17(22)10-9-13-5-7-14(12-19)8-6-13/h2-8,11H,9-10H2,1H3,(H,20,23)(H,21,22). The molecule has 23 heavy (non-hydrogen) atoms. The van der Waals surface area contributed by atoms with E-state index in [2.05, 4.69) is 16.7 Å². The van der Waals surface area contributed by atoms with Crippen molar-refractivity contribution in [2.45, 2.75) is 12.8 Å². The van der Waals surface area contributed by atoms with Crippen LogP contribution in [0.15, 0.2) is 48.5 Å². The Hall–Kier alpha value is -3.13. The van der Waals surface area contributed by atoms with Gasteiger partial charge in [-0.15, -0.1) is 0 Å². The summed E-state index contributed by atoms with van der Waals surface area (Å²) in [7, 11) is 1.56. The lowest BCUT2D eigenvalue weighted by molar-refractivity contribution is -0.116. The fourth-order valence-electron chi connectivity index (χ4n) is 2.11. The van der Waals surface area contributed by atoms with E-state index >= 15 is 0 Å². The van der Waals surface area contributed by atoms with Crippen LogP contribution in [0.1, 0.15) is 27.9 Å². The van der Waals surface area contributed by atoms with Crippen molar-refractivity contribution in [3.8, 4) is 6.07 Å².